The van der Waals surface area contributed by atoms with Crippen LogP contribution in [0.15, 0.2) is 63.1 Å². The lowest BCUT2D eigenvalue weighted by Gasteiger charge is -2.07. The van der Waals surface area contributed by atoms with E-state index < -0.39 is 10.0 Å². The summed E-state index contributed by atoms with van der Waals surface area (Å²) in [6, 6.07) is 13.5. The Hall–Kier alpha value is -2.40. The van der Waals surface area contributed by atoms with Crippen molar-refractivity contribution < 1.29 is 17.6 Å². The fourth-order valence-corrected chi connectivity index (χ4v) is 4.66. The molecule has 1 saturated carbocycles. The van der Waals surface area contributed by atoms with Gasteiger partial charge in [0, 0.05) is 23.2 Å². The fourth-order valence-electron chi connectivity index (χ4n) is 2.63. The first-order valence-corrected chi connectivity index (χ1v) is 12.3. The number of rotatable bonds is 9. The maximum Gasteiger partial charge on any atom is 0.277 e. The minimum Gasteiger partial charge on any atom is -0.411 e. The van der Waals surface area contributed by atoms with E-state index in [2.05, 4.69) is 20.2 Å². The minimum absolute atomic E-state index is 0.0579. The molecule has 4 rings (SSSR count). The van der Waals surface area contributed by atoms with E-state index in [1.807, 2.05) is 0 Å². The molecule has 1 aliphatic carbocycles. The van der Waals surface area contributed by atoms with Crippen LogP contribution in [0, 0.1) is 0 Å². The highest BCUT2D eigenvalue weighted by molar-refractivity contribution is 7.99. The number of carbonyl (C=O) groups is 1. The fraction of sp³-hybridized carbons (Fsp3) is 0.250. The van der Waals surface area contributed by atoms with Gasteiger partial charge in [0.15, 0.2) is 0 Å². The summed E-state index contributed by atoms with van der Waals surface area (Å²) in [6.07, 6.45) is 1.76. The average Bonchev–Trinajstić information content (AvgIpc) is 3.43. The first kappa shape index (κ1) is 21.8. The highest BCUT2D eigenvalue weighted by atomic mass is 35.5. The van der Waals surface area contributed by atoms with Gasteiger partial charge in [-0.15, -0.1) is 10.2 Å². The van der Waals surface area contributed by atoms with E-state index in [-0.39, 0.29) is 34.4 Å². The molecule has 0 saturated heterocycles. The van der Waals surface area contributed by atoms with Crippen LogP contribution in [0.3, 0.4) is 0 Å². The number of hydrogen-bond acceptors (Lipinski definition) is 7. The summed E-state index contributed by atoms with van der Waals surface area (Å²) in [5.74, 6) is 0.258. The Morgan fingerprint density at radius 1 is 1.10 bits per heavy atom. The van der Waals surface area contributed by atoms with Gasteiger partial charge in [0.25, 0.3) is 5.22 Å². The molecule has 31 heavy (non-hydrogen) atoms. The molecule has 8 nitrogen and oxygen atoms in total. The molecule has 11 heteroatoms. The number of sulfonamides is 1. The third-order valence-electron chi connectivity index (χ3n) is 4.45. The molecule has 1 heterocycles. The van der Waals surface area contributed by atoms with E-state index in [1.54, 1.807) is 36.4 Å². The van der Waals surface area contributed by atoms with Gasteiger partial charge >= 0.3 is 0 Å². The van der Waals surface area contributed by atoms with Crippen LogP contribution in [0.1, 0.15) is 18.4 Å². The SMILES string of the molecule is O=C(CSc1nnc(-c2ccc(Cl)cc2)o1)NCc1ccc(S(=O)(=O)NC2CC2)cc1. The summed E-state index contributed by atoms with van der Waals surface area (Å²) >= 11 is 7.00. The van der Waals surface area contributed by atoms with Gasteiger partial charge < -0.3 is 9.73 Å². The van der Waals surface area contributed by atoms with E-state index in [0.29, 0.717) is 10.9 Å². The van der Waals surface area contributed by atoms with Gasteiger partial charge in [-0.25, -0.2) is 13.1 Å². The molecule has 0 aliphatic heterocycles. The molecular weight excluding hydrogens is 460 g/mol. The maximum absolute atomic E-state index is 12.2. The third kappa shape index (κ3) is 6.07. The minimum atomic E-state index is -3.48. The van der Waals surface area contributed by atoms with Crippen LogP contribution >= 0.6 is 23.4 Å². The summed E-state index contributed by atoms with van der Waals surface area (Å²) in [5, 5.41) is 11.6. The first-order valence-electron chi connectivity index (χ1n) is 9.49. The molecule has 0 unspecified atom stereocenters. The molecule has 2 N–H and O–H groups in total. The largest absolute Gasteiger partial charge is 0.411 e. The summed E-state index contributed by atoms with van der Waals surface area (Å²) < 4.78 is 32.5. The molecule has 1 fully saturated rings. The second-order valence-corrected chi connectivity index (χ2v) is 10.1. The molecule has 0 atom stereocenters. The van der Waals surface area contributed by atoms with Gasteiger partial charge in [-0.3, -0.25) is 4.79 Å². The number of amides is 1. The lowest BCUT2D eigenvalue weighted by atomic mass is 10.2. The van der Waals surface area contributed by atoms with Crippen LogP contribution in [-0.2, 0) is 21.4 Å². The quantitative estimate of drug-likeness (QED) is 0.454. The number of benzene rings is 2. The molecule has 0 bridgehead atoms. The standard InChI is InChI=1S/C20H19ClN4O4S2/c21-15-5-3-14(4-6-15)19-23-24-20(29-19)30-12-18(26)22-11-13-1-9-17(10-2-13)31(27,28)25-16-7-8-16/h1-6,9-10,16,25H,7-8,11-12H2,(H,22,26). The van der Waals surface area contributed by atoms with E-state index in [4.69, 9.17) is 16.0 Å². The Morgan fingerprint density at radius 2 is 1.81 bits per heavy atom. The van der Waals surface area contributed by atoms with Crippen LogP contribution in [0.25, 0.3) is 11.5 Å². The zero-order valence-electron chi connectivity index (χ0n) is 16.2. The van der Waals surface area contributed by atoms with Gasteiger partial charge in [-0.1, -0.05) is 35.5 Å². The lowest BCUT2D eigenvalue weighted by Crippen LogP contribution is -2.26. The van der Waals surface area contributed by atoms with Crippen molar-refractivity contribution in [3.63, 3.8) is 0 Å². The molecule has 0 spiro atoms. The van der Waals surface area contributed by atoms with Crippen LogP contribution < -0.4 is 10.0 Å². The van der Waals surface area contributed by atoms with E-state index in [0.717, 1.165) is 35.7 Å². The molecule has 0 radical (unpaired) electrons. The number of aromatic nitrogens is 2. The summed E-state index contributed by atoms with van der Waals surface area (Å²) in [5.41, 5.74) is 1.54. The van der Waals surface area contributed by atoms with Crippen LogP contribution in [0.2, 0.25) is 5.02 Å². The predicted molar refractivity (Wildman–Crippen MR) is 117 cm³/mol. The Morgan fingerprint density at radius 3 is 2.48 bits per heavy atom. The predicted octanol–water partition coefficient (Wildman–Crippen LogP) is 3.24. The monoisotopic (exact) mass is 478 g/mol. The normalized spacial score (nSPS) is 13.8. The smallest absolute Gasteiger partial charge is 0.277 e. The van der Waals surface area contributed by atoms with Crippen molar-refractivity contribution >= 4 is 39.3 Å². The summed E-state index contributed by atoms with van der Waals surface area (Å²) in [6.45, 7) is 0.287. The van der Waals surface area contributed by atoms with Crippen LogP contribution in [0.4, 0.5) is 0 Å². The Kier molecular flexibility index (Phi) is 6.61. The van der Waals surface area contributed by atoms with Gasteiger partial charge in [0.05, 0.1) is 10.6 Å². The maximum atomic E-state index is 12.2. The van der Waals surface area contributed by atoms with Crippen molar-refractivity contribution in [1.29, 1.82) is 0 Å². The van der Waals surface area contributed by atoms with Crippen molar-refractivity contribution in [3.8, 4) is 11.5 Å². The zero-order valence-corrected chi connectivity index (χ0v) is 18.6. The number of carbonyl (C=O) groups excluding carboxylic acids is 1. The number of hydrogen-bond donors (Lipinski definition) is 2. The Balaban J connectivity index is 1.24. The van der Waals surface area contributed by atoms with Crippen molar-refractivity contribution in [2.45, 2.75) is 35.5 Å². The number of halogens is 1. The number of thioether (sulfide) groups is 1. The number of nitrogens with one attached hydrogen (secondary N) is 2. The molecule has 1 aromatic heterocycles. The van der Waals surface area contributed by atoms with E-state index in [9.17, 15) is 13.2 Å². The van der Waals surface area contributed by atoms with Gasteiger partial charge in [-0.05, 0) is 54.8 Å². The lowest BCUT2D eigenvalue weighted by molar-refractivity contribution is -0.118. The average molecular weight is 479 g/mol. The second-order valence-electron chi connectivity index (χ2n) is 6.98. The third-order valence-corrected chi connectivity index (χ3v) is 7.05. The number of nitrogens with zero attached hydrogens (tertiary/aromatic N) is 2. The van der Waals surface area contributed by atoms with Crippen molar-refractivity contribution in [2.75, 3.05) is 5.75 Å². The molecule has 1 amide bonds. The summed E-state index contributed by atoms with van der Waals surface area (Å²) in [7, 11) is -3.48. The molecule has 2 aromatic carbocycles. The van der Waals surface area contributed by atoms with Gasteiger partial charge in [0.1, 0.15) is 0 Å². The van der Waals surface area contributed by atoms with E-state index >= 15 is 0 Å². The zero-order chi connectivity index (χ0) is 21.8. The van der Waals surface area contributed by atoms with Crippen molar-refractivity contribution in [1.82, 2.24) is 20.2 Å². The van der Waals surface area contributed by atoms with Gasteiger partial charge in [-0.2, -0.15) is 0 Å². The Labute approximate surface area is 188 Å². The second kappa shape index (κ2) is 9.39. The highest BCUT2D eigenvalue weighted by Gasteiger charge is 2.27. The summed E-state index contributed by atoms with van der Waals surface area (Å²) in [4.78, 5) is 12.3. The molecule has 1 aliphatic rings. The molecule has 162 valence electrons. The first-order chi connectivity index (χ1) is 14.9. The van der Waals surface area contributed by atoms with Crippen molar-refractivity contribution in [2.24, 2.45) is 0 Å². The van der Waals surface area contributed by atoms with Crippen LogP contribution in [0.5, 0.6) is 0 Å². The highest BCUT2D eigenvalue weighted by Crippen LogP contribution is 2.24. The molecular formula is C20H19ClN4O4S2. The Bertz CT molecular complexity index is 1160. The van der Waals surface area contributed by atoms with Gasteiger partial charge in [0.2, 0.25) is 21.8 Å². The topological polar surface area (TPSA) is 114 Å². The molecule has 3 aromatic rings. The van der Waals surface area contributed by atoms with Crippen molar-refractivity contribution in [3.05, 3.63) is 59.1 Å². The van der Waals surface area contributed by atoms with Crippen LogP contribution in [-0.4, -0.2) is 36.3 Å². The van der Waals surface area contributed by atoms with E-state index in [1.165, 1.54) is 12.1 Å².